The van der Waals surface area contributed by atoms with E-state index in [0.717, 1.165) is 0 Å². The highest BCUT2D eigenvalue weighted by atomic mass is 31.2. The molecule has 0 aromatic heterocycles. The third kappa shape index (κ3) is 8.13. The number of likely N-dealkylation sites (N-methyl/N-ethyl adjacent to an activating group) is 1. The highest BCUT2D eigenvalue weighted by Crippen LogP contribution is 2.31. The van der Waals surface area contributed by atoms with Crippen LogP contribution in [0.5, 0.6) is 0 Å². The average Bonchev–Trinajstić information content (AvgIpc) is 1.49. The zero-order chi connectivity index (χ0) is 9.99. The molecule has 0 aromatic carbocycles. The summed E-state index contributed by atoms with van der Waals surface area (Å²) in [6.45, 7) is 0.0762. The molecule has 0 bridgehead atoms. The van der Waals surface area contributed by atoms with E-state index in [4.69, 9.17) is 10.00 Å². The Morgan fingerprint density at radius 2 is 2.00 bits per heavy atom. The van der Waals surface area contributed by atoms with Crippen molar-refractivity contribution in [3.05, 3.63) is 0 Å². The fourth-order valence-corrected chi connectivity index (χ4v) is 1.03. The lowest BCUT2D eigenvalue weighted by Gasteiger charge is -2.28. The van der Waals surface area contributed by atoms with Crippen LogP contribution in [0.1, 0.15) is 0 Å². The van der Waals surface area contributed by atoms with Crippen LogP contribution in [-0.2, 0) is 9.09 Å². The minimum Gasteiger partial charge on any atom is -0.756 e. The van der Waals surface area contributed by atoms with Crippen LogP contribution >= 0.6 is 7.82 Å². The molecule has 0 radical (unpaired) electrons. The first-order valence-electron chi connectivity index (χ1n) is 3.31. The Bertz CT molecular complexity index is 183. The van der Waals surface area contributed by atoms with E-state index in [-0.39, 0.29) is 6.54 Å². The standard InChI is InChI=1S/C5H14NO5P/c1-6(2,3)4-5(7)11-12(8,9)10/h5,7H,4H2,1-3H3,(H-,8,9,10). The van der Waals surface area contributed by atoms with E-state index in [1.54, 1.807) is 21.1 Å². The van der Waals surface area contributed by atoms with Gasteiger partial charge in [-0.1, -0.05) is 0 Å². The average molecular weight is 199 g/mol. The van der Waals surface area contributed by atoms with Gasteiger partial charge in [0, 0.05) is 0 Å². The minimum atomic E-state index is -4.82. The number of rotatable bonds is 4. The first-order chi connectivity index (χ1) is 5.10. The Morgan fingerprint density at radius 1 is 1.58 bits per heavy atom. The third-order valence-corrected chi connectivity index (χ3v) is 1.47. The summed E-state index contributed by atoms with van der Waals surface area (Å²) in [5.41, 5.74) is 0. The summed E-state index contributed by atoms with van der Waals surface area (Å²) in [5.74, 6) is 0. The predicted molar refractivity (Wildman–Crippen MR) is 39.8 cm³/mol. The normalized spacial score (nSPS) is 20.2. The fraction of sp³-hybridized carbons (Fsp3) is 1.00. The molecule has 0 aliphatic rings. The third-order valence-electron chi connectivity index (χ3n) is 0.959. The molecular formula is C5H14NO5P. The van der Waals surface area contributed by atoms with Gasteiger partial charge < -0.3 is 19.4 Å². The minimum absolute atomic E-state index is 0.0762. The van der Waals surface area contributed by atoms with Gasteiger partial charge in [-0.15, -0.1) is 0 Å². The van der Waals surface area contributed by atoms with Gasteiger partial charge >= 0.3 is 0 Å². The summed E-state index contributed by atoms with van der Waals surface area (Å²) in [4.78, 5) is 18.3. The van der Waals surface area contributed by atoms with Crippen LogP contribution in [0.3, 0.4) is 0 Å². The molecule has 0 aliphatic heterocycles. The molecule has 0 aliphatic carbocycles. The maximum absolute atomic E-state index is 10.1. The number of phosphoric acid groups is 1. The summed E-state index contributed by atoms with van der Waals surface area (Å²) in [6, 6.07) is 0. The molecule has 0 saturated heterocycles. The van der Waals surface area contributed by atoms with Gasteiger partial charge in [0.25, 0.3) is 7.82 Å². The molecule has 0 saturated carbocycles. The SMILES string of the molecule is C[N+](C)(C)CC(O)OP(=O)([O-])O. The van der Waals surface area contributed by atoms with E-state index in [9.17, 15) is 9.46 Å². The Kier molecular flexibility index (Phi) is 3.84. The molecule has 0 fully saturated rings. The molecule has 0 amide bonds. The van der Waals surface area contributed by atoms with Gasteiger partial charge in [-0.2, -0.15) is 0 Å². The van der Waals surface area contributed by atoms with Crippen LogP contribution < -0.4 is 4.89 Å². The number of quaternary nitrogens is 1. The van der Waals surface area contributed by atoms with E-state index < -0.39 is 14.1 Å². The summed E-state index contributed by atoms with van der Waals surface area (Å²) in [7, 11) is 0.431. The van der Waals surface area contributed by atoms with Gasteiger partial charge in [-0.05, 0) is 0 Å². The zero-order valence-electron chi connectivity index (χ0n) is 7.30. The molecule has 0 heterocycles. The van der Waals surface area contributed by atoms with E-state index in [0.29, 0.717) is 4.48 Å². The summed E-state index contributed by atoms with van der Waals surface area (Å²) < 4.78 is 14.4. The number of hydrogen-bond acceptors (Lipinski definition) is 4. The highest BCUT2D eigenvalue weighted by Gasteiger charge is 2.19. The first kappa shape index (κ1) is 12.0. The molecule has 2 unspecified atom stereocenters. The van der Waals surface area contributed by atoms with E-state index in [2.05, 4.69) is 4.52 Å². The molecule has 12 heavy (non-hydrogen) atoms. The van der Waals surface area contributed by atoms with Crippen molar-refractivity contribution in [3.8, 4) is 0 Å². The molecule has 0 rings (SSSR count). The second-order valence-corrected chi connectivity index (χ2v) is 4.65. The Morgan fingerprint density at radius 3 is 2.25 bits per heavy atom. The number of phosphoric ester groups is 1. The van der Waals surface area contributed by atoms with Crippen LogP contribution in [0, 0.1) is 0 Å². The molecule has 2 atom stereocenters. The van der Waals surface area contributed by atoms with Crippen molar-refractivity contribution in [1.29, 1.82) is 0 Å². The molecule has 0 aromatic rings. The quantitative estimate of drug-likeness (QED) is 0.326. The summed E-state index contributed by atoms with van der Waals surface area (Å²) in [5, 5.41) is 8.95. The van der Waals surface area contributed by atoms with Crippen molar-refractivity contribution >= 4 is 7.82 Å². The molecule has 74 valence electrons. The smallest absolute Gasteiger partial charge is 0.267 e. The molecule has 6 nitrogen and oxygen atoms in total. The summed E-state index contributed by atoms with van der Waals surface area (Å²) in [6.07, 6.45) is -1.50. The predicted octanol–water partition coefficient (Wildman–Crippen LogP) is -1.51. The Labute approximate surface area is 71.2 Å². The van der Waals surface area contributed by atoms with Crippen LogP contribution in [0.4, 0.5) is 0 Å². The van der Waals surface area contributed by atoms with Crippen molar-refractivity contribution in [1.82, 2.24) is 0 Å². The second kappa shape index (κ2) is 3.83. The van der Waals surface area contributed by atoms with Gasteiger partial charge in [0.05, 0.1) is 21.1 Å². The van der Waals surface area contributed by atoms with Crippen LogP contribution in [-0.4, -0.2) is 48.5 Å². The van der Waals surface area contributed by atoms with Gasteiger partial charge in [0.15, 0.2) is 0 Å². The van der Waals surface area contributed by atoms with Crippen molar-refractivity contribution in [2.45, 2.75) is 6.29 Å². The Balaban J connectivity index is 3.91. The van der Waals surface area contributed by atoms with E-state index >= 15 is 0 Å². The number of hydrogen-bond donors (Lipinski definition) is 2. The second-order valence-electron chi connectivity index (χ2n) is 3.50. The molecule has 7 heteroatoms. The van der Waals surface area contributed by atoms with Crippen LogP contribution in [0.15, 0.2) is 0 Å². The molecule has 0 spiro atoms. The largest absolute Gasteiger partial charge is 0.756 e. The molecule has 2 N–H and O–H groups in total. The van der Waals surface area contributed by atoms with Crippen molar-refractivity contribution in [3.63, 3.8) is 0 Å². The lowest BCUT2D eigenvalue weighted by Crippen LogP contribution is -2.42. The van der Waals surface area contributed by atoms with Gasteiger partial charge in [-0.25, -0.2) is 0 Å². The highest BCUT2D eigenvalue weighted by molar-refractivity contribution is 7.44. The Hall–Kier alpha value is 0.0300. The van der Waals surface area contributed by atoms with Crippen LogP contribution in [0.25, 0.3) is 0 Å². The summed E-state index contributed by atoms with van der Waals surface area (Å²) >= 11 is 0. The maximum Gasteiger partial charge on any atom is 0.267 e. The number of nitrogens with zero attached hydrogens (tertiary/aromatic N) is 1. The lowest BCUT2D eigenvalue weighted by atomic mass is 10.5. The topological polar surface area (TPSA) is 89.8 Å². The maximum atomic E-state index is 10.1. The van der Waals surface area contributed by atoms with Crippen molar-refractivity contribution < 1.29 is 28.5 Å². The van der Waals surface area contributed by atoms with Gasteiger partial charge in [-0.3, -0.25) is 9.09 Å². The monoisotopic (exact) mass is 199 g/mol. The fourth-order valence-electron chi connectivity index (χ4n) is 0.656. The first-order valence-corrected chi connectivity index (χ1v) is 4.80. The molecular weight excluding hydrogens is 185 g/mol. The number of aliphatic hydroxyl groups is 1. The van der Waals surface area contributed by atoms with Gasteiger partial charge in [0.2, 0.25) is 6.29 Å². The zero-order valence-corrected chi connectivity index (χ0v) is 8.19. The van der Waals surface area contributed by atoms with Crippen molar-refractivity contribution in [2.75, 3.05) is 27.7 Å². The van der Waals surface area contributed by atoms with E-state index in [1.807, 2.05) is 0 Å². The van der Waals surface area contributed by atoms with Crippen LogP contribution in [0.2, 0.25) is 0 Å². The number of aliphatic hydroxyl groups excluding tert-OH is 1. The van der Waals surface area contributed by atoms with E-state index in [1.165, 1.54) is 0 Å². The lowest BCUT2D eigenvalue weighted by molar-refractivity contribution is -0.876. The van der Waals surface area contributed by atoms with Crippen molar-refractivity contribution in [2.24, 2.45) is 0 Å². The van der Waals surface area contributed by atoms with Gasteiger partial charge in [0.1, 0.15) is 6.54 Å².